The van der Waals surface area contributed by atoms with Crippen LogP contribution in [0.2, 0.25) is 0 Å². The van der Waals surface area contributed by atoms with Crippen LogP contribution in [0.4, 0.5) is 11.8 Å². The van der Waals surface area contributed by atoms with Crippen LogP contribution < -0.4 is 16.2 Å². The molecular formula is C12H21N5O. The van der Waals surface area contributed by atoms with Crippen molar-refractivity contribution in [1.29, 1.82) is 0 Å². The fourth-order valence-electron chi connectivity index (χ4n) is 2.33. The number of nitrogens with one attached hydrogen (secondary N) is 1. The second-order valence-electron chi connectivity index (χ2n) is 4.51. The summed E-state index contributed by atoms with van der Waals surface area (Å²) in [5.41, 5.74) is 3.55. The van der Waals surface area contributed by atoms with Gasteiger partial charge in [0.2, 0.25) is 5.95 Å². The number of nitrogens with two attached hydrogens (primary N) is 1. The summed E-state index contributed by atoms with van der Waals surface area (Å²) in [7, 11) is 0. The number of nitrogen functional groups attached to an aromatic ring is 1. The van der Waals surface area contributed by atoms with Gasteiger partial charge in [-0.05, 0) is 26.7 Å². The van der Waals surface area contributed by atoms with Crippen LogP contribution >= 0.6 is 0 Å². The number of aromatic nitrogens is 2. The number of rotatable bonds is 4. The van der Waals surface area contributed by atoms with Crippen LogP contribution in [-0.4, -0.2) is 35.8 Å². The molecule has 1 aromatic rings. The minimum atomic E-state index is 0.299. The summed E-state index contributed by atoms with van der Waals surface area (Å²) in [5.74, 6) is 6.75. The molecule has 100 valence electrons. The molecule has 0 aromatic carbocycles. The largest absolute Gasteiger partial charge is 0.377 e. The standard InChI is InChI=1S/C12H21N5O/c1-3-18-10-5-4-6-17(8-10)11-9(2)7-14-12(15-11)16-13/h7,10H,3-6,8,13H2,1-2H3,(H,14,15,16). The number of hydrogen-bond donors (Lipinski definition) is 2. The van der Waals surface area contributed by atoms with E-state index in [1.54, 1.807) is 6.20 Å². The Labute approximate surface area is 108 Å². The highest BCUT2D eigenvalue weighted by Crippen LogP contribution is 2.23. The van der Waals surface area contributed by atoms with Crippen molar-refractivity contribution in [3.05, 3.63) is 11.8 Å². The van der Waals surface area contributed by atoms with Gasteiger partial charge >= 0.3 is 0 Å². The predicted molar refractivity (Wildman–Crippen MR) is 71.4 cm³/mol. The van der Waals surface area contributed by atoms with Gasteiger partial charge in [0.05, 0.1) is 6.10 Å². The molecule has 0 aliphatic carbocycles. The van der Waals surface area contributed by atoms with Crippen molar-refractivity contribution in [1.82, 2.24) is 9.97 Å². The second-order valence-corrected chi connectivity index (χ2v) is 4.51. The molecule has 2 heterocycles. The van der Waals surface area contributed by atoms with Crippen LogP contribution in [0, 0.1) is 6.92 Å². The lowest BCUT2D eigenvalue weighted by Crippen LogP contribution is -2.40. The third-order valence-corrected chi connectivity index (χ3v) is 3.15. The van der Waals surface area contributed by atoms with E-state index in [1.165, 1.54) is 0 Å². The molecule has 6 heteroatoms. The Kier molecular flexibility index (Phi) is 4.33. The molecule has 0 bridgehead atoms. The molecule has 18 heavy (non-hydrogen) atoms. The lowest BCUT2D eigenvalue weighted by atomic mass is 10.1. The van der Waals surface area contributed by atoms with Crippen LogP contribution in [0.1, 0.15) is 25.3 Å². The SMILES string of the molecule is CCOC1CCCN(c2nc(NN)ncc2C)C1. The Bertz CT molecular complexity index is 396. The van der Waals surface area contributed by atoms with Crippen LogP contribution in [-0.2, 0) is 4.74 Å². The highest BCUT2D eigenvalue weighted by molar-refractivity contribution is 5.49. The Hall–Kier alpha value is -1.40. The van der Waals surface area contributed by atoms with Crippen LogP contribution in [0.25, 0.3) is 0 Å². The van der Waals surface area contributed by atoms with Gasteiger partial charge in [0.1, 0.15) is 5.82 Å². The molecule has 0 amide bonds. The lowest BCUT2D eigenvalue weighted by Gasteiger charge is -2.34. The van der Waals surface area contributed by atoms with E-state index in [0.29, 0.717) is 12.1 Å². The van der Waals surface area contributed by atoms with E-state index in [1.807, 2.05) is 13.8 Å². The fraction of sp³-hybridized carbons (Fsp3) is 0.667. The van der Waals surface area contributed by atoms with Gasteiger partial charge in [-0.25, -0.2) is 10.8 Å². The summed E-state index contributed by atoms with van der Waals surface area (Å²) < 4.78 is 5.71. The average Bonchev–Trinajstić information content (AvgIpc) is 2.40. The van der Waals surface area contributed by atoms with Crippen molar-refractivity contribution in [2.24, 2.45) is 5.84 Å². The molecule has 1 saturated heterocycles. The lowest BCUT2D eigenvalue weighted by molar-refractivity contribution is 0.0525. The van der Waals surface area contributed by atoms with E-state index in [9.17, 15) is 0 Å². The molecule has 0 spiro atoms. The van der Waals surface area contributed by atoms with Gasteiger partial charge in [-0.3, -0.25) is 5.43 Å². The summed E-state index contributed by atoms with van der Waals surface area (Å²) in [6.07, 6.45) is 4.34. The summed E-state index contributed by atoms with van der Waals surface area (Å²) in [5, 5.41) is 0. The first kappa shape index (κ1) is 13.0. The first-order valence-electron chi connectivity index (χ1n) is 6.41. The van der Waals surface area contributed by atoms with Crippen molar-refractivity contribution in [2.75, 3.05) is 30.0 Å². The third kappa shape index (κ3) is 2.88. The predicted octanol–water partition coefficient (Wildman–Crippen LogP) is 1.08. The summed E-state index contributed by atoms with van der Waals surface area (Å²) in [4.78, 5) is 10.8. The molecule has 0 saturated carbocycles. The zero-order valence-corrected chi connectivity index (χ0v) is 11.0. The number of hydrogen-bond acceptors (Lipinski definition) is 6. The van der Waals surface area contributed by atoms with Crippen molar-refractivity contribution >= 4 is 11.8 Å². The summed E-state index contributed by atoms with van der Waals surface area (Å²) in [6, 6.07) is 0. The van der Waals surface area contributed by atoms with Gasteiger partial charge < -0.3 is 9.64 Å². The van der Waals surface area contributed by atoms with Crippen molar-refractivity contribution in [3.63, 3.8) is 0 Å². The Morgan fingerprint density at radius 2 is 2.44 bits per heavy atom. The molecule has 1 fully saturated rings. The molecule has 1 aliphatic heterocycles. The zero-order valence-electron chi connectivity index (χ0n) is 11.0. The van der Waals surface area contributed by atoms with Crippen molar-refractivity contribution < 1.29 is 4.74 Å². The van der Waals surface area contributed by atoms with E-state index in [0.717, 1.165) is 43.9 Å². The molecule has 2 rings (SSSR count). The minimum absolute atomic E-state index is 0.299. The summed E-state index contributed by atoms with van der Waals surface area (Å²) in [6.45, 7) is 6.70. The number of ether oxygens (including phenoxy) is 1. The molecule has 0 radical (unpaired) electrons. The Morgan fingerprint density at radius 1 is 1.61 bits per heavy atom. The first-order valence-corrected chi connectivity index (χ1v) is 6.41. The quantitative estimate of drug-likeness (QED) is 0.616. The van der Waals surface area contributed by atoms with Crippen molar-refractivity contribution in [3.8, 4) is 0 Å². The van der Waals surface area contributed by atoms with Gasteiger partial charge in [0.15, 0.2) is 0 Å². The molecular weight excluding hydrogens is 230 g/mol. The van der Waals surface area contributed by atoms with Crippen molar-refractivity contribution in [2.45, 2.75) is 32.8 Å². The van der Waals surface area contributed by atoms with Crippen LogP contribution in [0.5, 0.6) is 0 Å². The minimum Gasteiger partial charge on any atom is -0.377 e. The van der Waals surface area contributed by atoms with Gasteiger partial charge in [0, 0.05) is 31.5 Å². The van der Waals surface area contributed by atoms with Gasteiger partial charge in [-0.15, -0.1) is 0 Å². The van der Waals surface area contributed by atoms with Crippen LogP contribution in [0.15, 0.2) is 6.20 Å². The van der Waals surface area contributed by atoms with E-state index in [-0.39, 0.29) is 0 Å². The van der Waals surface area contributed by atoms with Gasteiger partial charge in [-0.2, -0.15) is 4.98 Å². The number of anilines is 2. The Balaban J connectivity index is 2.14. The number of nitrogens with zero attached hydrogens (tertiary/aromatic N) is 3. The highest BCUT2D eigenvalue weighted by atomic mass is 16.5. The maximum atomic E-state index is 5.71. The van der Waals surface area contributed by atoms with E-state index in [2.05, 4.69) is 20.3 Å². The topological polar surface area (TPSA) is 76.3 Å². The van der Waals surface area contributed by atoms with Gasteiger partial charge in [0.25, 0.3) is 0 Å². The second kappa shape index (κ2) is 5.97. The maximum absolute atomic E-state index is 5.71. The number of hydrazine groups is 1. The molecule has 1 aromatic heterocycles. The molecule has 1 atom stereocenters. The molecule has 3 N–H and O–H groups in total. The van der Waals surface area contributed by atoms with E-state index in [4.69, 9.17) is 10.6 Å². The number of piperidine rings is 1. The maximum Gasteiger partial charge on any atom is 0.239 e. The molecule has 1 unspecified atom stereocenters. The van der Waals surface area contributed by atoms with Gasteiger partial charge in [-0.1, -0.05) is 0 Å². The molecule has 6 nitrogen and oxygen atoms in total. The van der Waals surface area contributed by atoms with E-state index < -0.39 is 0 Å². The van der Waals surface area contributed by atoms with E-state index >= 15 is 0 Å². The fourth-order valence-corrected chi connectivity index (χ4v) is 2.33. The normalized spacial score (nSPS) is 19.9. The third-order valence-electron chi connectivity index (χ3n) is 3.15. The zero-order chi connectivity index (χ0) is 13.0. The summed E-state index contributed by atoms with van der Waals surface area (Å²) >= 11 is 0. The Morgan fingerprint density at radius 3 is 3.17 bits per heavy atom. The monoisotopic (exact) mass is 251 g/mol. The highest BCUT2D eigenvalue weighted by Gasteiger charge is 2.22. The number of aryl methyl sites for hydroxylation is 1. The smallest absolute Gasteiger partial charge is 0.239 e. The molecule has 1 aliphatic rings. The average molecular weight is 251 g/mol. The van der Waals surface area contributed by atoms with Crippen LogP contribution in [0.3, 0.4) is 0 Å². The first-order chi connectivity index (χ1) is 8.74.